The van der Waals surface area contributed by atoms with Crippen LogP contribution >= 0.6 is 11.8 Å². The third-order valence-corrected chi connectivity index (χ3v) is 3.78. The van der Waals surface area contributed by atoms with Gasteiger partial charge in [0.1, 0.15) is 16.7 Å². The Morgan fingerprint density at radius 2 is 1.84 bits per heavy atom. The molecule has 0 amide bonds. The van der Waals surface area contributed by atoms with Gasteiger partial charge in [0.15, 0.2) is 0 Å². The number of hydrogen-bond donors (Lipinski definition) is 1. The smallest absolute Gasteiger partial charge is 0.134 e. The van der Waals surface area contributed by atoms with E-state index in [9.17, 15) is 0 Å². The lowest BCUT2D eigenvalue weighted by Gasteiger charge is -2.21. The summed E-state index contributed by atoms with van der Waals surface area (Å²) < 4.78 is 0.162. The lowest BCUT2D eigenvalue weighted by molar-refractivity contribution is 0.740. The summed E-state index contributed by atoms with van der Waals surface area (Å²) >= 11 is 1.82. The first kappa shape index (κ1) is 16.3. The second-order valence-electron chi connectivity index (χ2n) is 6.16. The number of hydrogen-bond acceptors (Lipinski definition) is 4. The van der Waals surface area contributed by atoms with E-state index in [2.05, 4.69) is 58.8 Å². The van der Waals surface area contributed by atoms with E-state index in [1.54, 1.807) is 0 Å². The lowest BCUT2D eigenvalue weighted by Crippen LogP contribution is -2.13. The topological polar surface area (TPSA) is 37.8 Å². The molecule has 0 saturated heterocycles. The minimum atomic E-state index is 0.162. The molecule has 1 aromatic heterocycles. The van der Waals surface area contributed by atoms with Crippen LogP contribution < -0.4 is 5.32 Å². The molecule has 108 valence electrons. The van der Waals surface area contributed by atoms with E-state index in [4.69, 9.17) is 4.98 Å². The first-order valence-electron chi connectivity index (χ1n) is 7.06. The summed E-state index contributed by atoms with van der Waals surface area (Å²) in [7, 11) is 0. The van der Waals surface area contributed by atoms with E-state index in [-0.39, 0.29) is 4.75 Å². The average Bonchev–Trinajstić information content (AvgIpc) is 2.28. The first-order valence-corrected chi connectivity index (χ1v) is 7.87. The Hall–Kier alpha value is -0.770. The maximum absolute atomic E-state index is 4.74. The second kappa shape index (κ2) is 6.60. The number of aromatic nitrogens is 2. The molecule has 1 heterocycles. The molecule has 1 N–H and O–H groups in total. The summed E-state index contributed by atoms with van der Waals surface area (Å²) in [6.45, 7) is 16.1. The Labute approximate surface area is 122 Å². The molecule has 0 unspecified atom stereocenters. The van der Waals surface area contributed by atoms with Crippen LogP contribution in [0, 0.1) is 6.92 Å². The zero-order valence-corrected chi connectivity index (χ0v) is 14.1. The predicted octanol–water partition coefficient (Wildman–Crippen LogP) is 4.62. The van der Waals surface area contributed by atoms with Crippen LogP contribution in [0.15, 0.2) is 5.03 Å². The van der Waals surface area contributed by atoms with Gasteiger partial charge in [0, 0.05) is 22.8 Å². The first-order chi connectivity index (χ1) is 8.74. The molecule has 0 radical (unpaired) electrons. The van der Waals surface area contributed by atoms with Gasteiger partial charge in [-0.15, -0.1) is 11.8 Å². The van der Waals surface area contributed by atoms with Crippen molar-refractivity contribution in [3.63, 3.8) is 0 Å². The number of rotatable bonds is 5. The molecule has 4 heteroatoms. The zero-order valence-electron chi connectivity index (χ0n) is 13.3. The van der Waals surface area contributed by atoms with E-state index in [1.165, 1.54) is 0 Å². The molecule has 0 bridgehead atoms. The molecule has 3 nitrogen and oxygen atoms in total. The van der Waals surface area contributed by atoms with E-state index in [0.717, 1.165) is 35.2 Å². The van der Waals surface area contributed by atoms with Crippen molar-refractivity contribution in [2.75, 3.05) is 11.9 Å². The van der Waals surface area contributed by atoms with Gasteiger partial charge < -0.3 is 5.32 Å². The van der Waals surface area contributed by atoms with Crippen molar-refractivity contribution < 1.29 is 0 Å². The summed E-state index contributed by atoms with van der Waals surface area (Å²) in [5.74, 6) is 2.27. The number of nitrogens with zero attached hydrogens (tertiary/aromatic N) is 2. The van der Waals surface area contributed by atoms with Gasteiger partial charge in [-0.2, -0.15) is 0 Å². The molecule has 0 aliphatic carbocycles. The molecule has 1 rings (SSSR count). The van der Waals surface area contributed by atoms with Gasteiger partial charge in [-0.05, 0) is 13.3 Å². The van der Waals surface area contributed by atoms with Crippen molar-refractivity contribution >= 4 is 17.6 Å². The van der Waals surface area contributed by atoms with Gasteiger partial charge in [0.05, 0.1) is 0 Å². The quantitative estimate of drug-likeness (QED) is 0.631. The molecule has 0 spiro atoms. The van der Waals surface area contributed by atoms with Crippen molar-refractivity contribution in [3.8, 4) is 0 Å². The van der Waals surface area contributed by atoms with Crippen LogP contribution in [0.3, 0.4) is 0 Å². The summed E-state index contributed by atoms with van der Waals surface area (Å²) in [6, 6.07) is 0. The molecule has 0 fully saturated rings. The second-order valence-corrected chi connectivity index (χ2v) is 7.97. The molecule has 0 aliphatic rings. The minimum Gasteiger partial charge on any atom is -0.370 e. The van der Waals surface area contributed by atoms with E-state index >= 15 is 0 Å². The highest BCUT2D eigenvalue weighted by Crippen LogP contribution is 2.35. The molecule has 0 aliphatic heterocycles. The maximum atomic E-state index is 4.74. The van der Waals surface area contributed by atoms with Crippen LogP contribution in [-0.4, -0.2) is 21.3 Å². The number of nitrogens with one attached hydrogen (secondary N) is 1. The Balaban J connectivity index is 3.16. The highest BCUT2D eigenvalue weighted by molar-refractivity contribution is 8.00. The Morgan fingerprint density at radius 3 is 2.32 bits per heavy atom. The highest BCUT2D eigenvalue weighted by Gasteiger charge is 2.19. The normalized spacial score (nSPS) is 12.0. The lowest BCUT2D eigenvalue weighted by atomic mass is 10.2. The van der Waals surface area contributed by atoms with Gasteiger partial charge in [0.2, 0.25) is 0 Å². The number of anilines is 1. The average molecular weight is 281 g/mol. The van der Waals surface area contributed by atoms with Crippen LogP contribution in [0.5, 0.6) is 0 Å². The van der Waals surface area contributed by atoms with E-state index in [1.807, 2.05) is 11.8 Å². The maximum Gasteiger partial charge on any atom is 0.134 e. The van der Waals surface area contributed by atoms with Crippen LogP contribution in [0.2, 0.25) is 0 Å². The molecule has 0 saturated carbocycles. The van der Waals surface area contributed by atoms with Crippen molar-refractivity contribution in [2.45, 2.75) is 70.6 Å². The summed E-state index contributed by atoms with van der Waals surface area (Å²) in [5.41, 5.74) is 1.16. The van der Waals surface area contributed by atoms with Gasteiger partial charge in [-0.1, -0.05) is 41.5 Å². The molecule has 1 aromatic rings. The Morgan fingerprint density at radius 1 is 1.21 bits per heavy atom. The van der Waals surface area contributed by atoms with Gasteiger partial charge in [0.25, 0.3) is 0 Å². The Kier molecular flexibility index (Phi) is 5.65. The van der Waals surface area contributed by atoms with Crippen LogP contribution in [0.25, 0.3) is 0 Å². The van der Waals surface area contributed by atoms with Gasteiger partial charge >= 0.3 is 0 Å². The largest absolute Gasteiger partial charge is 0.370 e. The predicted molar refractivity (Wildman–Crippen MR) is 85.2 cm³/mol. The standard InChI is InChI=1S/C15H27N3S/c1-8-9-16-13-11(4)14(19-15(5,6)7)18-12(17-13)10(2)3/h10H,8-9H2,1-7H3,(H,16,17,18). The van der Waals surface area contributed by atoms with Crippen molar-refractivity contribution in [2.24, 2.45) is 0 Å². The fourth-order valence-electron chi connectivity index (χ4n) is 1.58. The third kappa shape index (κ3) is 5.01. The fourth-order valence-corrected chi connectivity index (χ4v) is 2.54. The highest BCUT2D eigenvalue weighted by atomic mass is 32.2. The number of thioether (sulfide) groups is 1. The summed E-state index contributed by atoms with van der Waals surface area (Å²) in [6.07, 6.45) is 1.10. The van der Waals surface area contributed by atoms with E-state index < -0.39 is 0 Å². The van der Waals surface area contributed by atoms with E-state index in [0.29, 0.717) is 5.92 Å². The molecule has 0 aromatic carbocycles. The molecule has 19 heavy (non-hydrogen) atoms. The summed E-state index contributed by atoms with van der Waals surface area (Å²) in [5, 5.41) is 4.52. The third-order valence-electron chi connectivity index (χ3n) is 2.58. The van der Waals surface area contributed by atoms with Crippen LogP contribution in [-0.2, 0) is 0 Å². The summed E-state index contributed by atoms with van der Waals surface area (Å²) in [4.78, 5) is 9.40. The van der Waals surface area contributed by atoms with Gasteiger partial charge in [-0.3, -0.25) is 0 Å². The Bertz CT molecular complexity index is 422. The molecule has 0 atom stereocenters. The fraction of sp³-hybridized carbons (Fsp3) is 0.733. The SMILES string of the molecule is CCCNc1nc(C(C)C)nc(SC(C)(C)C)c1C. The zero-order chi connectivity index (χ0) is 14.6. The van der Waals surface area contributed by atoms with Crippen LogP contribution in [0.4, 0.5) is 5.82 Å². The van der Waals surface area contributed by atoms with Crippen molar-refractivity contribution in [1.82, 2.24) is 9.97 Å². The van der Waals surface area contributed by atoms with Crippen LogP contribution in [0.1, 0.15) is 65.3 Å². The van der Waals surface area contributed by atoms with Gasteiger partial charge in [-0.25, -0.2) is 9.97 Å². The molecular weight excluding hydrogens is 254 g/mol. The minimum absolute atomic E-state index is 0.162. The van der Waals surface area contributed by atoms with Crippen molar-refractivity contribution in [1.29, 1.82) is 0 Å². The monoisotopic (exact) mass is 281 g/mol. The van der Waals surface area contributed by atoms with Crippen molar-refractivity contribution in [3.05, 3.63) is 11.4 Å². The molecular formula is C15H27N3S.